The largest absolute Gasteiger partial charge is 0.493 e. The number of pyridine rings is 1. The molecule has 2 heterocycles. The van der Waals surface area contributed by atoms with Crippen molar-refractivity contribution in [3.05, 3.63) is 95.4 Å². The molecule has 0 aliphatic rings. The Morgan fingerprint density at radius 3 is 2.12 bits per heavy atom. The number of fused-ring (bicyclic) bond motifs is 1. The highest BCUT2D eigenvalue weighted by Gasteiger charge is 2.23. The van der Waals surface area contributed by atoms with Crippen molar-refractivity contribution in [2.45, 2.75) is 0 Å². The van der Waals surface area contributed by atoms with E-state index in [-0.39, 0.29) is 5.78 Å². The summed E-state index contributed by atoms with van der Waals surface area (Å²) in [5, 5.41) is 0.791. The maximum Gasteiger partial charge on any atom is 0.205 e. The third kappa shape index (κ3) is 3.78. The summed E-state index contributed by atoms with van der Waals surface area (Å²) in [4.78, 5) is 19.6. The van der Waals surface area contributed by atoms with E-state index in [1.165, 1.54) is 11.3 Å². The molecule has 0 unspecified atom stereocenters. The quantitative estimate of drug-likeness (QED) is 0.291. The fraction of sp³-hybridized carbons (Fsp3) is 0.0714. The van der Waals surface area contributed by atoms with Crippen molar-refractivity contribution in [2.24, 2.45) is 0 Å². The molecule has 0 bridgehead atoms. The predicted octanol–water partition coefficient (Wildman–Crippen LogP) is 6.46. The fourth-order valence-corrected chi connectivity index (χ4v) is 5.08. The highest BCUT2D eigenvalue weighted by molar-refractivity contribution is 7.21. The number of rotatable bonds is 6. The lowest BCUT2D eigenvalue weighted by Gasteiger charge is -2.09. The van der Waals surface area contributed by atoms with E-state index >= 15 is 0 Å². The van der Waals surface area contributed by atoms with Gasteiger partial charge in [0.05, 0.1) is 25.6 Å². The van der Waals surface area contributed by atoms with E-state index in [2.05, 4.69) is 0 Å². The van der Waals surface area contributed by atoms with Gasteiger partial charge in [0.1, 0.15) is 9.71 Å². The fourth-order valence-electron chi connectivity index (χ4n) is 4.00. The van der Waals surface area contributed by atoms with E-state index in [1.54, 1.807) is 32.4 Å². The molecule has 2 aromatic heterocycles. The maximum absolute atomic E-state index is 13.5. The number of aromatic nitrogens is 1. The van der Waals surface area contributed by atoms with Crippen LogP contribution in [0.25, 0.3) is 32.6 Å². The molecule has 5 rings (SSSR count). The number of methoxy groups -OCH3 is 2. The number of hydrogen-bond donors (Lipinski definition) is 1. The van der Waals surface area contributed by atoms with Gasteiger partial charge < -0.3 is 15.2 Å². The second-order valence-corrected chi connectivity index (χ2v) is 8.71. The molecule has 0 fully saturated rings. The molecule has 5 nitrogen and oxygen atoms in total. The third-order valence-corrected chi connectivity index (χ3v) is 6.80. The summed E-state index contributed by atoms with van der Waals surface area (Å²) in [6.45, 7) is 0. The molecular weight excluding hydrogens is 444 g/mol. The summed E-state index contributed by atoms with van der Waals surface area (Å²) in [5.74, 6) is 0.869. The third-order valence-electron chi connectivity index (χ3n) is 5.71. The SMILES string of the molecule is COc1ccc(C(=O)c2sc3nc(-c4ccccc4)cc(-c4ccccc4)c3c2N)cc1OC. The Balaban J connectivity index is 1.71. The Morgan fingerprint density at radius 1 is 0.824 bits per heavy atom. The van der Waals surface area contributed by atoms with Gasteiger partial charge in [0.25, 0.3) is 0 Å². The standard InChI is InChI=1S/C28H22N2O3S/c1-32-22-14-13-19(15-23(22)33-2)26(31)27-25(29)24-20(17-9-5-3-6-10-17)16-21(30-28(24)34-27)18-11-7-4-8-12-18/h3-16H,29H2,1-2H3. The number of carbonyl (C=O) groups is 1. The number of nitrogen functional groups attached to an aromatic ring is 1. The minimum atomic E-state index is -0.179. The minimum absolute atomic E-state index is 0.179. The Kier molecular flexibility index (Phi) is 5.74. The smallest absolute Gasteiger partial charge is 0.205 e. The number of nitrogens with zero attached hydrogens (tertiary/aromatic N) is 1. The monoisotopic (exact) mass is 466 g/mol. The van der Waals surface area contributed by atoms with Crippen LogP contribution in [0.1, 0.15) is 15.2 Å². The van der Waals surface area contributed by atoms with Crippen LogP contribution in [-0.2, 0) is 0 Å². The Morgan fingerprint density at radius 2 is 1.47 bits per heavy atom. The highest BCUT2D eigenvalue weighted by Crippen LogP contribution is 2.42. The van der Waals surface area contributed by atoms with Gasteiger partial charge in [0, 0.05) is 16.5 Å². The Labute approximate surface area is 201 Å². The van der Waals surface area contributed by atoms with Crippen LogP contribution in [0.5, 0.6) is 11.5 Å². The molecule has 0 saturated heterocycles. The van der Waals surface area contributed by atoms with Crippen LogP contribution in [-0.4, -0.2) is 25.0 Å². The van der Waals surface area contributed by atoms with Crippen LogP contribution in [0.4, 0.5) is 5.69 Å². The van der Waals surface area contributed by atoms with E-state index < -0.39 is 0 Å². The van der Waals surface area contributed by atoms with Crippen LogP contribution in [0.2, 0.25) is 0 Å². The first-order chi connectivity index (χ1) is 16.6. The second kappa shape index (κ2) is 9.00. The van der Waals surface area contributed by atoms with Crippen molar-refractivity contribution in [1.29, 1.82) is 0 Å². The van der Waals surface area contributed by atoms with E-state index in [9.17, 15) is 4.79 Å². The normalized spacial score (nSPS) is 10.9. The van der Waals surface area contributed by atoms with Gasteiger partial charge in [-0.25, -0.2) is 4.98 Å². The highest BCUT2D eigenvalue weighted by atomic mass is 32.1. The van der Waals surface area contributed by atoms with Gasteiger partial charge in [-0.1, -0.05) is 60.7 Å². The zero-order valence-corrected chi connectivity index (χ0v) is 19.6. The predicted molar refractivity (Wildman–Crippen MR) is 138 cm³/mol. The Bertz CT molecular complexity index is 1500. The van der Waals surface area contributed by atoms with Gasteiger partial charge in [-0.05, 0) is 35.4 Å². The summed E-state index contributed by atoms with van der Waals surface area (Å²) < 4.78 is 10.7. The average Bonchev–Trinajstić information content (AvgIpc) is 3.24. The molecule has 0 amide bonds. The molecule has 0 saturated carbocycles. The first-order valence-electron chi connectivity index (χ1n) is 10.7. The van der Waals surface area contributed by atoms with Gasteiger partial charge in [-0.3, -0.25) is 4.79 Å². The lowest BCUT2D eigenvalue weighted by Crippen LogP contribution is -2.03. The van der Waals surface area contributed by atoms with Crippen LogP contribution < -0.4 is 15.2 Å². The molecule has 2 N–H and O–H groups in total. The van der Waals surface area contributed by atoms with Crippen molar-refractivity contribution in [3.8, 4) is 33.9 Å². The van der Waals surface area contributed by atoms with E-state index in [0.29, 0.717) is 27.6 Å². The number of carbonyl (C=O) groups excluding carboxylic acids is 1. The number of nitrogens with two attached hydrogens (primary N) is 1. The summed E-state index contributed by atoms with van der Waals surface area (Å²) in [6, 6.07) is 27.2. The lowest BCUT2D eigenvalue weighted by atomic mass is 9.99. The molecule has 6 heteroatoms. The van der Waals surface area contributed by atoms with E-state index in [1.807, 2.05) is 66.7 Å². The van der Waals surface area contributed by atoms with E-state index in [4.69, 9.17) is 20.2 Å². The number of ether oxygens (including phenoxy) is 2. The number of thiophene rings is 1. The van der Waals surface area contributed by atoms with Crippen molar-refractivity contribution in [1.82, 2.24) is 4.98 Å². The lowest BCUT2D eigenvalue weighted by molar-refractivity contribution is 0.104. The summed E-state index contributed by atoms with van der Waals surface area (Å²) in [7, 11) is 3.10. The molecular formula is C28H22N2O3S. The minimum Gasteiger partial charge on any atom is -0.493 e. The number of anilines is 1. The van der Waals surface area contributed by atoms with Gasteiger partial charge in [-0.15, -0.1) is 11.3 Å². The van der Waals surface area contributed by atoms with Crippen molar-refractivity contribution in [2.75, 3.05) is 20.0 Å². The van der Waals surface area contributed by atoms with Gasteiger partial charge in [0.2, 0.25) is 5.78 Å². The van der Waals surface area contributed by atoms with Gasteiger partial charge in [0.15, 0.2) is 11.5 Å². The summed E-state index contributed by atoms with van der Waals surface area (Å²) >= 11 is 1.31. The van der Waals surface area contributed by atoms with Crippen molar-refractivity contribution < 1.29 is 14.3 Å². The van der Waals surface area contributed by atoms with Crippen LogP contribution in [0.3, 0.4) is 0 Å². The molecule has 5 aromatic rings. The summed E-state index contributed by atoms with van der Waals surface area (Å²) in [5.41, 5.74) is 11.3. The summed E-state index contributed by atoms with van der Waals surface area (Å²) in [6.07, 6.45) is 0. The number of ketones is 1. The number of hydrogen-bond acceptors (Lipinski definition) is 6. The molecule has 3 aromatic carbocycles. The van der Waals surface area contributed by atoms with Crippen LogP contribution in [0.15, 0.2) is 84.9 Å². The van der Waals surface area contributed by atoms with E-state index in [0.717, 1.165) is 32.6 Å². The molecule has 0 aliphatic heterocycles. The second-order valence-electron chi connectivity index (χ2n) is 7.71. The molecule has 0 aliphatic carbocycles. The maximum atomic E-state index is 13.5. The number of benzene rings is 3. The molecule has 0 radical (unpaired) electrons. The zero-order chi connectivity index (χ0) is 23.7. The zero-order valence-electron chi connectivity index (χ0n) is 18.7. The van der Waals surface area contributed by atoms with Gasteiger partial charge in [-0.2, -0.15) is 0 Å². The van der Waals surface area contributed by atoms with Crippen LogP contribution >= 0.6 is 11.3 Å². The first-order valence-corrected chi connectivity index (χ1v) is 11.5. The van der Waals surface area contributed by atoms with Gasteiger partial charge >= 0.3 is 0 Å². The molecule has 34 heavy (non-hydrogen) atoms. The average molecular weight is 467 g/mol. The van der Waals surface area contributed by atoms with Crippen LogP contribution in [0, 0.1) is 0 Å². The Hall–Kier alpha value is -4.16. The molecule has 168 valence electrons. The topological polar surface area (TPSA) is 74.4 Å². The molecule has 0 spiro atoms. The van der Waals surface area contributed by atoms with Crippen molar-refractivity contribution >= 4 is 33.0 Å². The molecule has 0 atom stereocenters. The van der Waals surface area contributed by atoms with Crippen molar-refractivity contribution in [3.63, 3.8) is 0 Å². The first kappa shape index (κ1) is 21.7.